The monoisotopic (exact) mass is 545 g/mol. The second kappa shape index (κ2) is 18.9. The molecule has 3 rings (SSSR count). The summed E-state index contributed by atoms with van der Waals surface area (Å²) >= 11 is 0. The number of ether oxygens (including phenoxy) is 2. The van der Waals surface area contributed by atoms with E-state index in [1.54, 1.807) is 7.11 Å². The van der Waals surface area contributed by atoms with Crippen LogP contribution in [0.4, 0.5) is 5.69 Å². The van der Waals surface area contributed by atoms with Gasteiger partial charge in [-0.1, -0.05) is 108 Å². The van der Waals surface area contributed by atoms with E-state index in [0.29, 0.717) is 24.7 Å². The standard InChI is InChI=1S/C35H48N2O3/c1-3-4-5-6-7-8-9-10-11-12-13-19-26-40-34-27-30(22-23-33(34)39-2)28-35(38)36-32-21-16-15-20-31(32)29-37-24-17-14-18-25-37/h14-18,20-25,27H,3-13,19,26,28-29H2,1-2H3/p+1. The largest absolute Gasteiger partial charge is 0.493 e. The third-order valence-electron chi connectivity index (χ3n) is 7.27. The van der Waals surface area contributed by atoms with Gasteiger partial charge in [-0.15, -0.1) is 0 Å². The Morgan fingerprint density at radius 3 is 2.08 bits per heavy atom. The molecule has 0 aliphatic carbocycles. The van der Waals surface area contributed by atoms with Crippen molar-refractivity contribution in [1.29, 1.82) is 0 Å². The second-order valence-electron chi connectivity index (χ2n) is 10.7. The predicted octanol–water partition coefficient (Wildman–Crippen LogP) is 8.29. The maximum Gasteiger partial charge on any atom is 0.228 e. The number of aromatic nitrogens is 1. The highest BCUT2D eigenvalue weighted by atomic mass is 16.5. The third-order valence-corrected chi connectivity index (χ3v) is 7.27. The quantitative estimate of drug-likeness (QED) is 0.115. The Hall–Kier alpha value is -3.34. The lowest BCUT2D eigenvalue weighted by Gasteiger charge is -2.13. The number of pyridine rings is 1. The Morgan fingerprint density at radius 2 is 1.40 bits per heavy atom. The zero-order valence-corrected chi connectivity index (χ0v) is 24.7. The van der Waals surface area contributed by atoms with Crippen molar-refractivity contribution in [2.75, 3.05) is 19.0 Å². The lowest BCUT2D eigenvalue weighted by atomic mass is 10.1. The Balaban J connectivity index is 1.39. The van der Waals surface area contributed by atoms with Crippen molar-refractivity contribution in [2.24, 2.45) is 0 Å². The molecule has 1 heterocycles. The smallest absolute Gasteiger partial charge is 0.228 e. The molecule has 5 nitrogen and oxygen atoms in total. The SMILES string of the molecule is CCCCCCCCCCCCCCOc1cc(CC(=O)Nc2ccccc2C[n+]2ccccc2)ccc1OC. The fraction of sp³-hybridized carbons (Fsp3) is 0.486. The lowest BCUT2D eigenvalue weighted by Crippen LogP contribution is -2.33. The number of hydrogen-bond donors (Lipinski definition) is 1. The minimum absolute atomic E-state index is 0.0532. The van der Waals surface area contributed by atoms with Gasteiger partial charge in [0.15, 0.2) is 30.4 Å². The Kier molecular flexibility index (Phi) is 14.7. The molecular formula is C35H49N2O3+. The van der Waals surface area contributed by atoms with Crippen molar-refractivity contribution in [3.8, 4) is 11.5 Å². The molecule has 0 saturated carbocycles. The van der Waals surface area contributed by atoms with E-state index >= 15 is 0 Å². The van der Waals surface area contributed by atoms with Gasteiger partial charge in [0, 0.05) is 17.7 Å². The molecule has 0 fully saturated rings. The molecule has 40 heavy (non-hydrogen) atoms. The maximum absolute atomic E-state index is 12.9. The normalized spacial score (nSPS) is 10.8. The average molecular weight is 546 g/mol. The number of benzene rings is 2. The van der Waals surface area contributed by atoms with Crippen molar-refractivity contribution >= 4 is 11.6 Å². The molecule has 216 valence electrons. The number of carbonyl (C=O) groups excluding carboxylic acids is 1. The van der Waals surface area contributed by atoms with E-state index < -0.39 is 0 Å². The number of carbonyl (C=O) groups is 1. The molecule has 2 aromatic carbocycles. The van der Waals surface area contributed by atoms with Gasteiger partial charge in [0.25, 0.3) is 0 Å². The van der Waals surface area contributed by atoms with Gasteiger partial charge in [0.2, 0.25) is 5.91 Å². The third kappa shape index (κ3) is 11.8. The molecule has 3 aromatic rings. The van der Waals surface area contributed by atoms with Crippen molar-refractivity contribution in [3.63, 3.8) is 0 Å². The van der Waals surface area contributed by atoms with Crippen molar-refractivity contribution in [2.45, 2.75) is 96.9 Å². The first-order valence-electron chi connectivity index (χ1n) is 15.3. The summed E-state index contributed by atoms with van der Waals surface area (Å²) in [5.41, 5.74) is 2.80. The van der Waals surface area contributed by atoms with Gasteiger partial charge in [0.05, 0.1) is 25.8 Å². The van der Waals surface area contributed by atoms with Crippen LogP contribution in [0, 0.1) is 0 Å². The number of anilines is 1. The first-order chi connectivity index (χ1) is 19.7. The summed E-state index contributed by atoms with van der Waals surface area (Å²) in [7, 11) is 1.65. The number of rotatable bonds is 20. The minimum atomic E-state index is -0.0532. The molecule has 0 spiro atoms. The summed E-state index contributed by atoms with van der Waals surface area (Å²) in [6.45, 7) is 3.62. The van der Waals surface area contributed by atoms with Gasteiger partial charge in [0.1, 0.15) is 0 Å². The second-order valence-corrected chi connectivity index (χ2v) is 10.7. The molecule has 0 saturated heterocycles. The zero-order chi connectivity index (χ0) is 28.3. The molecule has 0 radical (unpaired) electrons. The summed E-state index contributed by atoms with van der Waals surface area (Å²) in [6.07, 6.45) is 20.1. The summed E-state index contributed by atoms with van der Waals surface area (Å²) in [5.74, 6) is 1.35. The van der Waals surface area contributed by atoms with Crippen LogP contribution in [0.3, 0.4) is 0 Å². The van der Waals surface area contributed by atoms with Gasteiger partial charge in [-0.2, -0.15) is 0 Å². The van der Waals surface area contributed by atoms with Crippen LogP contribution in [0.2, 0.25) is 0 Å². The highest BCUT2D eigenvalue weighted by molar-refractivity contribution is 5.93. The molecule has 0 aliphatic heterocycles. The highest BCUT2D eigenvalue weighted by Gasteiger charge is 2.13. The van der Waals surface area contributed by atoms with E-state index in [9.17, 15) is 4.79 Å². The molecule has 0 bridgehead atoms. The van der Waals surface area contributed by atoms with Crippen molar-refractivity contribution < 1.29 is 18.8 Å². The van der Waals surface area contributed by atoms with Crippen molar-refractivity contribution in [3.05, 3.63) is 84.2 Å². The molecule has 0 atom stereocenters. The van der Waals surface area contributed by atoms with Crippen LogP contribution in [0.15, 0.2) is 73.1 Å². The van der Waals surface area contributed by atoms with Crippen LogP contribution in [0.5, 0.6) is 11.5 Å². The van der Waals surface area contributed by atoms with Gasteiger partial charge in [-0.05, 0) is 30.2 Å². The van der Waals surface area contributed by atoms with Gasteiger partial charge in [-0.25, -0.2) is 4.57 Å². The summed E-state index contributed by atoms with van der Waals surface area (Å²) in [6, 6.07) is 19.7. The van der Waals surface area contributed by atoms with Gasteiger partial charge in [-0.3, -0.25) is 4.79 Å². The number of amides is 1. The van der Waals surface area contributed by atoms with Crippen molar-refractivity contribution in [1.82, 2.24) is 0 Å². The van der Waals surface area contributed by atoms with E-state index in [-0.39, 0.29) is 12.3 Å². The van der Waals surface area contributed by atoms with Crippen LogP contribution in [0.25, 0.3) is 0 Å². The lowest BCUT2D eigenvalue weighted by molar-refractivity contribution is -0.688. The van der Waals surface area contributed by atoms with Crippen LogP contribution in [-0.2, 0) is 17.8 Å². The van der Waals surface area contributed by atoms with Crippen LogP contribution in [-0.4, -0.2) is 19.6 Å². The maximum atomic E-state index is 12.9. The number of methoxy groups -OCH3 is 1. The Morgan fingerprint density at radius 1 is 0.750 bits per heavy atom. The van der Waals surface area contributed by atoms with E-state index in [0.717, 1.165) is 23.2 Å². The summed E-state index contributed by atoms with van der Waals surface area (Å²) in [4.78, 5) is 12.9. The molecule has 1 N–H and O–H groups in total. The molecule has 0 aliphatic rings. The van der Waals surface area contributed by atoms with Crippen LogP contribution in [0.1, 0.15) is 95.1 Å². The predicted molar refractivity (Wildman–Crippen MR) is 164 cm³/mol. The minimum Gasteiger partial charge on any atom is -0.493 e. The van der Waals surface area contributed by atoms with Crippen LogP contribution >= 0.6 is 0 Å². The van der Waals surface area contributed by atoms with E-state index in [2.05, 4.69) is 16.8 Å². The molecular weight excluding hydrogens is 496 g/mol. The Bertz CT molecular complexity index is 1120. The first-order valence-corrected chi connectivity index (χ1v) is 15.3. The number of para-hydroxylation sites is 1. The molecule has 1 amide bonds. The zero-order valence-electron chi connectivity index (χ0n) is 24.7. The number of unbranched alkanes of at least 4 members (excludes halogenated alkanes) is 11. The van der Waals surface area contributed by atoms with E-state index in [4.69, 9.17) is 9.47 Å². The first kappa shape index (κ1) is 31.2. The highest BCUT2D eigenvalue weighted by Crippen LogP contribution is 2.29. The molecule has 0 unspecified atom stereocenters. The summed E-state index contributed by atoms with van der Waals surface area (Å²) in [5, 5.41) is 3.10. The Labute approximate surface area is 241 Å². The van der Waals surface area contributed by atoms with Crippen LogP contribution < -0.4 is 19.4 Å². The summed E-state index contributed by atoms with van der Waals surface area (Å²) < 4.78 is 13.7. The number of nitrogens with one attached hydrogen (secondary N) is 1. The fourth-order valence-corrected chi connectivity index (χ4v) is 4.97. The van der Waals surface area contributed by atoms with E-state index in [1.165, 1.54) is 70.6 Å². The van der Waals surface area contributed by atoms with E-state index in [1.807, 2.05) is 73.1 Å². The fourth-order valence-electron chi connectivity index (χ4n) is 4.97. The number of nitrogens with zero attached hydrogens (tertiary/aromatic N) is 1. The van der Waals surface area contributed by atoms with Gasteiger partial charge < -0.3 is 14.8 Å². The average Bonchev–Trinajstić information content (AvgIpc) is 2.97. The topological polar surface area (TPSA) is 51.4 Å². The molecule has 5 heteroatoms. The number of hydrogen-bond acceptors (Lipinski definition) is 3. The van der Waals surface area contributed by atoms with Gasteiger partial charge >= 0.3 is 0 Å². The molecule has 1 aromatic heterocycles.